The molecule has 0 bridgehead atoms. The molecule has 0 spiro atoms. The van der Waals surface area contributed by atoms with Crippen LogP contribution in [0, 0.1) is 5.92 Å². The molecule has 1 aromatic carbocycles. The lowest BCUT2D eigenvalue weighted by atomic mass is 9.89. The molecule has 1 aliphatic heterocycles. The van der Waals surface area contributed by atoms with E-state index in [0.717, 1.165) is 23.9 Å². The first-order valence-electron chi connectivity index (χ1n) is 7.87. The summed E-state index contributed by atoms with van der Waals surface area (Å²) in [6, 6.07) is 10.8. The molecule has 1 fully saturated rings. The van der Waals surface area contributed by atoms with Crippen LogP contribution in [-0.4, -0.2) is 40.0 Å². The van der Waals surface area contributed by atoms with Crippen molar-refractivity contribution in [1.82, 2.24) is 9.88 Å². The molecule has 5 nitrogen and oxygen atoms in total. The van der Waals surface area contributed by atoms with Crippen LogP contribution in [0.2, 0.25) is 0 Å². The van der Waals surface area contributed by atoms with Crippen molar-refractivity contribution in [1.29, 1.82) is 0 Å². The number of amides is 1. The van der Waals surface area contributed by atoms with Crippen LogP contribution in [0.3, 0.4) is 0 Å². The minimum absolute atomic E-state index is 0.00384. The van der Waals surface area contributed by atoms with Gasteiger partial charge in [-0.3, -0.25) is 14.6 Å². The highest BCUT2D eigenvalue weighted by Crippen LogP contribution is 2.34. The predicted molar refractivity (Wildman–Crippen MR) is 85.5 cm³/mol. The van der Waals surface area contributed by atoms with Gasteiger partial charge < -0.3 is 10.0 Å². The third-order valence-electron chi connectivity index (χ3n) is 4.45. The number of halogens is 3. The van der Waals surface area contributed by atoms with Crippen LogP contribution < -0.4 is 0 Å². The molecule has 0 unspecified atom stereocenters. The normalized spacial score (nSPS) is 20.2. The van der Waals surface area contributed by atoms with Crippen molar-refractivity contribution in [2.75, 3.05) is 13.1 Å². The molecule has 1 amide bonds. The maximum Gasteiger partial charge on any atom is 0.433 e. The van der Waals surface area contributed by atoms with Gasteiger partial charge in [0.25, 0.3) is 5.91 Å². The van der Waals surface area contributed by atoms with Gasteiger partial charge in [-0.15, -0.1) is 0 Å². The van der Waals surface area contributed by atoms with Crippen molar-refractivity contribution < 1.29 is 27.9 Å². The summed E-state index contributed by atoms with van der Waals surface area (Å²) in [5.41, 5.74) is -0.280. The zero-order valence-electron chi connectivity index (χ0n) is 13.5. The number of rotatable bonds is 3. The van der Waals surface area contributed by atoms with E-state index in [1.54, 1.807) is 24.3 Å². The molecular weight excluding hydrogens is 349 g/mol. The number of hydrogen-bond acceptors (Lipinski definition) is 3. The van der Waals surface area contributed by atoms with Gasteiger partial charge in [-0.05, 0) is 17.7 Å². The molecule has 0 saturated carbocycles. The SMILES string of the molecule is O=C(O)[C@@H]1CN(C(=O)c2ccc(C(F)(F)F)nc2)C[C@@H]1c1ccccc1. The fourth-order valence-corrected chi connectivity index (χ4v) is 3.13. The summed E-state index contributed by atoms with van der Waals surface area (Å²) in [5, 5.41) is 9.47. The molecule has 2 aromatic rings. The number of nitrogens with zero attached hydrogens (tertiary/aromatic N) is 2. The first kappa shape index (κ1) is 17.9. The fraction of sp³-hybridized carbons (Fsp3) is 0.278. The Labute approximate surface area is 147 Å². The Morgan fingerprint density at radius 1 is 1.08 bits per heavy atom. The van der Waals surface area contributed by atoms with Crippen LogP contribution in [0.5, 0.6) is 0 Å². The molecule has 2 heterocycles. The van der Waals surface area contributed by atoms with E-state index in [2.05, 4.69) is 4.98 Å². The molecule has 0 radical (unpaired) electrons. The summed E-state index contributed by atoms with van der Waals surface area (Å²) in [6.07, 6.45) is -3.71. The van der Waals surface area contributed by atoms with E-state index in [9.17, 15) is 27.9 Å². The van der Waals surface area contributed by atoms with Crippen molar-refractivity contribution in [2.45, 2.75) is 12.1 Å². The maximum atomic E-state index is 12.6. The summed E-state index contributed by atoms with van der Waals surface area (Å²) >= 11 is 0. The van der Waals surface area contributed by atoms with Crippen molar-refractivity contribution in [3.8, 4) is 0 Å². The second-order valence-corrected chi connectivity index (χ2v) is 6.10. The lowest BCUT2D eigenvalue weighted by Crippen LogP contribution is -2.30. The molecule has 1 aliphatic rings. The molecule has 3 rings (SSSR count). The summed E-state index contributed by atoms with van der Waals surface area (Å²) in [5.74, 6) is -2.69. The monoisotopic (exact) mass is 364 g/mol. The molecule has 26 heavy (non-hydrogen) atoms. The Morgan fingerprint density at radius 2 is 1.77 bits per heavy atom. The number of alkyl halides is 3. The van der Waals surface area contributed by atoms with E-state index in [4.69, 9.17) is 0 Å². The Bertz CT molecular complexity index is 807. The Hall–Kier alpha value is -2.90. The minimum Gasteiger partial charge on any atom is -0.481 e. The number of carboxylic acid groups (broad SMARTS) is 1. The van der Waals surface area contributed by atoms with Crippen LogP contribution in [-0.2, 0) is 11.0 Å². The quantitative estimate of drug-likeness (QED) is 0.909. The number of aliphatic carboxylic acids is 1. The van der Waals surface area contributed by atoms with Gasteiger partial charge in [0, 0.05) is 25.2 Å². The first-order chi connectivity index (χ1) is 12.3. The van der Waals surface area contributed by atoms with Gasteiger partial charge in [0.15, 0.2) is 0 Å². The number of pyridine rings is 1. The highest BCUT2D eigenvalue weighted by atomic mass is 19.4. The van der Waals surface area contributed by atoms with Gasteiger partial charge >= 0.3 is 12.1 Å². The molecule has 8 heteroatoms. The lowest BCUT2D eigenvalue weighted by Gasteiger charge is -2.17. The number of carbonyl (C=O) groups excluding carboxylic acids is 1. The van der Waals surface area contributed by atoms with E-state index in [1.165, 1.54) is 4.90 Å². The number of hydrogen-bond donors (Lipinski definition) is 1. The molecule has 1 saturated heterocycles. The zero-order valence-corrected chi connectivity index (χ0v) is 13.5. The van der Waals surface area contributed by atoms with Gasteiger partial charge in [0.05, 0.1) is 11.5 Å². The van der Waals surface area contributed by atoms with Crippen LogP contribution in [0.1, 0.15) is 27.5 Å². The fourth-order valence-electron chi connectivity index (χ4n) is 3.13. The number of carbonyl (C=O) groups is 2. The third kappa shape index (κ3) is 3.54. The third-order valence-corrected chi connectivity index (χ3v) is 4.45. The lowest BCUT2D eigenvalue weighted by molar-refractivity contribution is -0.142. The smallest absolute Gasteiger partial charge is 0.433 e. The number of benzene rings is 1. The zero-order chi connectivity index (χ0) is 18.9. The summed E-state index contributed by atoms with van der Waals surface area (Å²) < 4.78 is 37.7. The number of aromatic nitrogens is 1. The second kappa shape index (κ2) is 6.78. The Morgan fingerprint density at radius 3 is 2.31 bits per heavy atom. The number of likely N-dealkylation sites (tertiary alicyclic amines) is 1. The molecule has 136 valence electrons. The van der Waals surface area contributed by atoms with Gasteiger partial charge in [0.2, 0.25) is 0 Å². The van der Waals surface area contributed by atoms with Crippen LogP contribution in [0.25, 0.3) is 0 Å². The topological polar surface area (TPSA) is 70.5 Å². The van der Waals surface area contributed by atoms with Gasteiger partial charge in [-0.25, -0.2) is 0 Å². The van der Waals surface area contributed by atoms with E-state index in [-0.39, 0.29) is 24.6 Å². The standard InChI is InChI=1S/C18H15F3N2O3/c19-18(20,21)15-7-6-12(8-22-15)16(24)23-9-13(14(10-23)17(25)26)11-4-2-1-3-5-11/h1-8,13-14H,9-10H2,(H,25,26)/t13-,14-/m1/s1. The van der Waals surface area contributed by atoms with Crippen molar-refractivity contribution in [3.63, 3.8) is 0 Å². The van der Waals surface area contributed by atoms with Crippen molar-refractivity contribution in [2.24, 2.45) is 5.92 Å². The van der Waals surface area contributed by atoms with Crippen LogP contribution in [0.15, 0.2) is 48.7 Å². The first-order valence-corrected chi connectivity index (χ1v) is 7.87. The van der Waals surface area contributed by atoms with E-state index in [1.807, 2.05) is 6.07 Å². The van der Waals surface area contributed by atoms with E-state index < -0.39 is 29.7 Å². The molecule has 0 aliphatic carbocycles. The second-order valence-electron chi connectivity index (χ2n) is 6.10. The van der Waals surface area contributed by atoms with Crippen LogP contribution in [0.4, 0.5) is 13.2 Å². The predicted octanol–water partition coefficient (Wildman–Crippen LogP) is 3.04. The summed E-state index contributed by atoms with van der Waals surface area (Å²) in [4.78, 5) is 28.8. The Kier molecular flexibility index (Phi) is 4.67. The average molecular weight is 364 g/mol. The van der Waals surface area contributed by atoms with E-state index in [0.29, 0.717) is 0 Å². The van der Waals surface area contributed by atoms with Crippen LogP contribution >= 0.6 is 0 Å². The highest BCUT2D eigenvalue weighted by Gasteiger charge is 2.41. The highest BCUT2D eigenvalue weighted by molar-refractivity contribution is 5.94. The molecule has 1 aromatic heterocycles. The maximum absolute atomic E-state index is 12.6. The Balaban J connectivity index is 1.81. The van der Waals surface area contributed by atoms with Crippen molar-refractivity contribution >= 4 is 11.9 Å². The summed E-state index contributed by atoms with van der Waals surface area (Å²) in [6.45, 7) is 0.176. The van der Waals surface area contributed by atoms with E-state index >= 15 is 0 Å². The minimum atomic E-state index is -4.58. The number of carboxylic acids is 1. The van der Waals surface area contributed by atoms with Crippen molar-refractivity contribution in [3.05, 3.63) is 65.5 Å². The molecular formula is C18H15F3N2O3. The van der Waals surface area contributed by atoms with Gasteiger partial charge in [-0.1, -0.05) is 30.3 Å². The summed E-state index contributed by atoms with van der Waals surface area (Å²) in [7, 11) is 0. The van der Waals surface area contributed by atoms with Gasteiger partial charge in [0.1, 0.15) is 5.69 Å². The van der Waals surface area contributed by atoms with Gasteiger partial charge in [-0.2, -0.15) is 13.2 Å². The largest absolute Gasteiger partial charge is 0.481 e. The molecule has 2 atom stereocenters. The average Bonchev–Trinajstić information content (AvgIpc) is 3.07. The molecule has 1 N–H and O–H groups in total.